The summed E-state index contributed by atoms with van der Waals surface area (Å²) in [7, 11) is 1.08. The van der Waals surface area contributed by atoms with Gasteiger partial charge in [-0.1, -0.05) is 11.6 Å². The molecule has 0 aromatic heterocycles. The minimum atomic E-state index is -0.941. The molecule has 1 aromatic carbocycles. The predicted octanol–water partition coefficient (Wildman–Crippen LogP) is 1.64. The number of carbonyl (C=O) groups excluding carboxylic acids is 1. The predicted molar refractivity (Wildman–Crippen MR) is 68.7 cm³/mol. The van der Waals surface area contributed by atoms with E-state index in [1.807, 2.05) is 0 Å². The first kappa shape index (κ1) is 15.3. The molecule has 0 fully saturated rings. The number of nitro groups is 2. The molecule has 0 heterocycles. The van der Waals surface area contributed by atoms with Crippen molar-refractivity contribution in [3.05, 3.63) is 38.4 Å². The van der Waals surface area contributed by atoms with Gasteiger partial charge < -0.3 is 4.74 Å². The minimum Gasteiger partial charge on any atom is -0.464 e. The number of esters is 1. The fourth-order valence-corrected chi connectivity index (χ4v) is 1.24. The standard InChI is InChI=1S/C9H7ClN4O6/c1-20-9(15)8(10)12-11-6-3-2-5(13(16)17)4-7(6)14(18)19/h2-4,11H,1H3/b12-8+. The van der Waals surface area contributed by atoms with Gasteiger partial charge in [0.25, 0.3) is 5.69 Å². The van der Waals surface area contributed by atoms with Gasteiger partial charge in [-0.05, 0) is 6.07 Å². The summed E-state index contributed by atoms with van der Waals surface area (Å²) in [5, 5.41) is 24.1. The maximum atomic E-state index is 10.9. The average Bonchev–Trinajstić information content (AvgIpc) is 2.43. The van der Waals surface area contributed by atoms with Gasteiger partial charge in [0.05, 0.1) is 23.0 Å². The number of carbonyl (C=O) groups is 1. The molecule has 0 spiro atoms. The van der Waals surface area contributed by atoms with Crippen molar-refractivity contribution < 1.29 is 19.4 Å². The molecule has 0 amide bonds. The molecule has 10 nitrogen and oxygen atoms in total. The van der Waals surface area contributed by atoms with Crippen LogP contribution in [-0.4, -0.2) is 28.1 Å². The quantitative estimate of drug-likeness (QED) is 0.377. The van der Waals surface area contributed by atoms with E-state index >= 15 is 0 Å². The van der Waals surface area contributed by atoms with E-state index in [0.717, 1.165) is 25.3 Å². The lowest BCUT2D eigenvalue weighted by Gasteiger charge is -2.02. The van der Waals surface area contributed by atoms with Gasteiger partial charge in [0.2, 0.25) is 5.17 Å². The van der Waals surface area contributed by atoms with Crippen LogP contribution in [0.5, 0.6) is 0 Å². The Kier molecular flexibility index (Phi) is 4.92. The van der Waals surface area contributed by atoms with Crippen molar-refractivity contribution in [1.29, 1.82) is 0 Å². The molecule has 0 aliphatic carbocycles. The summed E-state index contributed by atoms with van der Waals surface area (Å²) in [6.07, 6.45) is 0. The van der Waals surface area contributed by atoms with Gasteiger partial charge in [-0.15, -0.1) is 0 Å². The Morgan fingerprint density at radius 1 is 1.35 bits per heavy atom. The lowest BCUT2D eigenvalue weighted by atomic mass is 10.2. The normalized spacial score (nSPS) is 10.8. The zero-order valence-corrected chi connectivity index (χ0v) is 10.7. The Hall–Kier alpha value is -2.75. The Morgan fingerprint density at radius 3 is 2.50 bits per heavy atom. The molecular formula is C9H7ClN4O6. The number of anilines is 1. The van der Waals surface area contributed by atoms with Crippen molar-refractivity contribution in [3.63, 3.8) is 0 Å². The third kappa shape index (κ3) is 3.62. The number of nitrogens with zero attached hydrogens (tertiary/aromatic N) is 3. The largest absolute Gasteiger partial charge is 0.464 e. The van der Waals surface area contributed by atoms with E-state index in [1.165, 1.54) is 0 Å². The Labute approximate surface area is 116 Å². The van der Waals surface area contributed by atoms with Gasteiger partial charge in [0.15, 0.2) is 0 Å². The van der Waals surface area contributed by atoms with Crippen LogP contribution < -0.4 is 5.43 Å². The van der Waals surface area contributed by atoms with Crippen molar-refractivity contribution in [2.75, 3.05) is 12.5 Å². The maximum absolute atomic E-state index is 10.9. The second-order valence-corrected chi connectivity index (χ2v) is 3.58. The topological polar surface area (TPSA) is 137 Å². The van der Waals surface area contributed by atoms with Gasteiger partial charge in [-0.3, -0.25) is 25.7 Å². The summed E-state index contributed by atoms with van der Waals surface area (Å²) >= 11 is 5.43. The first-order valence-electron chi connectivity index (χ1n) is 4.87. The number of nitro benzene ring substituents is 2. The van der Waals surface area contributed by atoms with Crippen molar-refractivity contribution in [1.82, 2.24) is 0 Å². The summed E-state index contributed by atoms with van der Waals surface area (Å²) in [4.78, 5) is 30.7. The van der Waals surface area contributed by atoms with E-state index < -0.39 is 32.4 Å². The first-order chi connectivity index (χ1) is 9.36. The molecule has 0 atom stereocenters. The number of non-ortho nitro benzene ring substituents is 1. The van der Waals surface area contributed by atoms with Gasteiger partial charge >= 0.3 is 11.7 Å². The van der Waals surface area contributed by atoms with E-state index in [2.05, 4.69) is 15.3 Å². The van der Waals surface area contributed by atoms with Crippen LogP contribution in [-0.2, 0) is 9.53 Å². The molecule has 0 aliphatic heterocycles. The van der Waals surface area contributed by atoms with Crippen LogP contribution in [0.2, 0.25) is 0 Å². The lowest BCUT2D eigenvalue weighted by molar-refractivity contribution is -0.393. The van der Waals surface area contributed by atoms with E-state index in [9.17, 15) is 25.0 Å². The van der Waals surface area contributed by atoms with Crippen LogP contribution >= 0.6 is 11.6 Å². The number of hydrazone groups is 1. The highest BCUT2D eigenvalue weighted by Gasteiger charge is 2.19. The fraction of sp³-hybridized carbons (Fsp3) is 0.111. The highest BCUT2D eigenvalue weighted by molar-refractivity contribution is 6.82. The Morgan fingerprint density at radius 2 is 2.00 bits per heavy atom. The number of methoxy groups -OCH3 is 1. The number of rotatable bonds is 5. The van der Waals surface area contributed by atoms with E-state index in [4.69, 9.17) is 11.6 Å². The van der Waals surface area contributed by atoms with Crippen LogP contribution in [0.15, 0.2) is 23.3 Å². The number of halogens is 1. The Bertz CT molecular complexity index is 602. The highest BCUT2D eigenvalue weighted by Crippen LogP contribution is 2.28. The van der Waals surface area contributed by atoms with E-state index in [-0.39, 0.29) is 5.69 Å². The molecule has 1 rings (SSSR count). The van der Waals surface area contributed by atoms with Gasteiger partial charge in [-0.25, -0.2) is 4.79 Å². The minimum absolute atomic E-state index is 0.164. The van der Waals surface area contributed by atoms with E-state index in [1.54, 1.807) is 0 Å². The SMILES string of the molecule is COC(=O)/C(Cl)=N\Nc1ccc([N+](=O)[O-])cc1[N+](=O)[O-]. The number of hydrogen-bond acceptors (Lipinski definition) is 8. The number of benzene rings is 1. The summed E-state index contributed by atoms with van der Waals surface area (Å²) in [6.45, 7) is 0. The second kappa shape index (κ2) is 6.43. The van der Waals surface area contributed by atoms with Crippen LogP contribution in [0.3, 0.4) is 0 Å². The zero-order valence-electron chi connectivity index (χ0n) is 9.90. The first-order valence-corrected chi connectivity index (χ1v) is 5.25. The lowest BCUT2D eigenvalue weighted by Crippen LogP contribution is -2.11. The molecule has 0 bridgehead atoms. The van der Waals surface area contributed by atoms with Crippen LogP contribution in [0.4, 0.5) is 17.1 Å². The summed E-state index contributed by atoms with van der Waals surface area (Å²) in [6, 6.07) is 2.86. The van der Waals surface area contributed by atoms with Gasteiger partial charge in [0.1, 0.15) is 5.69 Å². The molecule has 0 aliphatic rings. The van der Waals surface area contributed by atoms with E-state index in [0.29, 0.717) is 0 Å². The number of ether oxygens (including phenoxy) is 1. The highest BCUT2D eigenvalue weighted by atomic mass is 35.5. The van der Waals surface area contributed by atoms with Crippen LogP contribution in [0, 0.1) is 20.2 Å². The molecule has 0 saturated heterocycles. The molecule has 1 aromatic rings. The fourth-order valence-electron chi connectivity index (χ4n) is 1.12. The summed E-state index contributed by atoms with van der Waals surface area (Å²) in [5.74, 6) is -0.941. The monoisotopic (exact) mass is 302 g/mol. The maximum Gasteiger partial charge on any atom is 0.370 e. The van der Waals surface area contributed by atoms with Crippen molar-refractivity contribution in [2.24, 2.45) is 5.10 Å². The summed E-state index contributed by atoms with van der Waals surface area (Å²) < 4.78 is 4.26. The summed E-state index contributed by atoms with van der Waals surface area (Å²) in [5.41, 5.74) is 0.963. The van der Waals surface area contributed by atoms with Crippen molar-refractivity contribution in [2.45, 2.75) is 0 Å². The van der Waals surface area contributed by atoms with Gasteiger partial charge in [-0.2, -0.15) is 5.10 Å². The molecule has 0 unspecified atom stereocenters. The van der Waals surface area contributed by atoms with Crippen LogP contribution in [0.1, 0.15) is 0 Å². The third-order valence-electron chi connectivity index (χ3n) is 2.02. The van der Waals surface area contributed by atoms with Crippen molar-refractivity contribution >= 4 is 39.8 Å². The third-order valence-corrected chi connectivity index (χ3v) is 2.26. The molecular weight excluding hydrogens is 296 g/mol. The second-order valence-electron chi connectivity index (χ2n) is 3.22. The smallest absolute Gasteiger partial charge is 0.370 e. The van der Waals surface area contributed by atoms with Crippen LogP contribution in [0.25, 0.3) is 0 Å². The molecule has 11 heteroatoms. The molecule has 0 radical (unpaired) electrons. The zero-order chi connectivity index (χ0) is 15.3. The van der Waals surface area contributed by atoms with Gasteiger partial charge in [0, 0.05) is 6.07 Å². The molecule has 0 saturated carbocycles. The Balaban J connectivity index is 3.10. The number of hydrogen-bond donors (Lipinski definition) is 1. The average molecular weight is 303 g/mol. The number of nitrogens with one attached hydrogen (secondary N) is 1. The molecule has 1 N–H and O–H groups in total. The van der Waals surface area contributed by atoms with Crippen molar-refractivity contribution in [3.8, 4) is 0 Å². The molecule has 20 heavy (non-hydrogen) atoms. The molecule has 106 valence electrons.